The number of hydrogen-bond donors (Lipinski definition) is 2. The lowest BCUT2D eigenvalue weighted by atomic mass is 9.91. The molecule has 0 radical (unpaired) electrons. The molecule has 0 atom stereocenters. The topological polar surface area (TPSA) is 93.7 Å². The molecule has 9 nitrogen and oxygen atoms in total. The molecule has 1 heterocycles. The van der Waals surface area contributed by atoms with Gasteiger partial charge in [-0.2, -0.15) is 13.2 Å². The summed E-state index contributed by atoms with van der Waals surface area (Å²) in [7, 11) is 3.02. The van der Waals surface area contributed by atoms with Gasteiger partial charge in [0.2, 0.25) is 5.72 Å². The van der Waals surface area contributed by atoms with Gasteiger partial charge >= 0.3 is 18.3 Å². The van der Waals surface area contributed by atoms with Gasteiger partial charge < -0.3 is 29.7 Å². The van der Waals surface area contributed by atoms with Crippen LogP contribution in [0, 0.1) is 0 Å². The number of ether oxygens (including phenoxy) is 3. The number of rotatable bonds is 5. The molecule has 14 heteroatoms. The highest BCUT2D eigenvalue weighted by Gasteiger charge is 2.50. The zero-order valence-electron chi connectivity index (χ0n) is 21.1. The lowest BCUT2D eigenvalue weighted by Crippen LogP contribution is -2.55. The van der Waals surface area contributed by atoms with E-state index in [-0.39, 0.29) is 23.4 Å². The van der Waals surface area contributed by atoms with Crippen molar-refractivity contribution >= 4 is 46.7 Å². The second kappa shape index (κ2) is 11.7. The van der Waals surface area contributed by atoms with Crippen molar-refractivity contribution in [1.82, 2.24) is 10.2 Å². The molecule has 0 bridgehead atoms. The molecule has 1 spiro atoms. The van der Waals surface area contributed by atoms with Crippen LogP contribution in [0.2, 0.25) is 5.02 Å². The Labute approximate surface area is 233 Å². The highest BCUT2D eigenvalue weighted by atomic mass is 35.5. The first-order valence-electron chi connectivity index (χ1n) is 12.0. The van der Waals surface area contributed by atoms with Gasteiger partial charge in [0.15, 0.2) is 16.6 Å². The monoisotopic (exact) mass is 586 g/mol. The van der Waals surface area contributed by atoms with Gasteiger partial charge in [0, 0.05) is 25.1 Å². The molecule has 39 heavy (non-hydrogen) atoms. The number of oxime groups is 1. The SMILES string of the molecule is COc1ccc(CNC(=O)OC2=NOC3(CCCCC3)N2C(=S)Nc2ccc(Cl)c(C(F)(F)F)c2)cc1OC. The van der Waals surface area contributed by atoms with Crippen LogP contribution < -0.4 is 20.1 Å². The second-order valence-electron chi connectivity index (χ2n) is 8.86. The number of benzene rings is 2. The maximum atomic E-state index is 13.4. The molecule has 0 saturated heterocycles. The number of nitrogens with one attached hydrogen (secondary N) is 2. The van der Waals surface area contributed by atoms with Crippen molar-refractivity contribution in [1.29, 1.82) is 0 Å². The fourth-order valence-corrected chi connectivity index (χ4v) is 5.01. The second-order valence-corrected chi connectivity index (χ2v) is 9.66. The maximum Gasteiger partial charge on any atom is 0.417 e. The largest absolute Gasteiger partial charge is 0.493 e. The van der Waals surface area contributed by atoms with Crippen molar-refractivity contribution in [3.05, 3.63) is 52.5 Å². The zero-order chi connectivity index (χ0) is 28.2. The van der Waals surface area contributed by atoms with Crippen LogP contribution in [0.25, 0.3) is 0 Å². The van der Waals surface area contributed by atoms with Crippen molar-refractivity contribution in [3.8, 4) is 11.5 Å². The number of carbonyl (C=O) groups is 1. The predicted molar refractivity (Wildman–Crippen MR) is 142 cm³/mol. The van der Waals surface area contributed by atoms with Gasteiger partial charge in [-0.05, 0) is 66.1 Å². The lowest BCUT2D eigenvalue weighted by Gasteiger charge is -2.38. The highest BCUT2D eigenvalue weighted by Crippen LogP contribution is 2.40. The quantitative estimate of drug-likeness (QED) is 0.397. The van der Waals surface area contributed by atoms with E-state index >= 15 is 0 Å². The minimum atomic E-state index is -4.65. The zero-order valence-corrected chi connectivity index (χ0v) is 22.6. The Hall–Kier alpha value is -3.45. The lowest BCUT2D eigenvalue weighted by molar-refractivity contribution is -0.137. The summed E-state index contributed by atoms with van der Waals surface area (Å²) >= 11 is 11.3. The summed E-state index contributed by atoms with van der Waals surface area (Å²) in [6, 6.07) is 8.27. The summed E-state index contributed by atoms with van der Waals surface area (Å²) in [5.74, 6) is 1.04. The molecule has 0 aromatic heterocycles. The number of halogens is 4. The molecule has 1 amide bonds. The first-order valence-corrected chi connectivity index (χ1v) is 12.8. The van der Waals surface area contributed by atoms with Crippen LogP contribution in [0.1, 0.15) is 43.2 Å². The van der Waals surface area contributed by atoms with Crippen molar-refractivity contribution < 1.29 is 37.0 Å². The van der Waals surface area contributed by atoms with Gasteiger partial charge in [-0.15, -0.1) is 0 Å². The van der Waals surface area contributed by atoms with Crippen LogP contribution in [-0.4, -0.2) is 42.1 Å². The van der Waals surface area contributed by atoms with Crippen LogP contribution in [0.3, 0.4) is 0 Å². The van der Waals surface area contributed by atoms with Crippen molar-refractivity contribution in [3.63, 3.8) is 0 Å². The van der Waals surface area contributed by atoms with Crippen LogP contribution >= 0.6 is 23.8 Å². The molecule has 1 fully saturated rings. The summed E-state index contributed by atoms with van der Waals surface area (Å²) in [6.45, 7) is 0.103. The number of alkyl halides is 3. The Morgan fingerprint density at radius 3 is 2.51 bits per heavy atom. The standard InChI is InChI=1S/C25H26ClF3N4O5S/c1-35-19-9-6-15(12-20(19)36-2)14-30-23(34)37-21-32-38-24(10-4-3-5-11-24)33(21)22(39)31-16-7-8-18(26)17(13-16)25(27,28)29/h6-9,12-13H,3-5,10-11,14H2,1-2H3,(H,30,34)(H,31,39). The van der Waals surface area contributed by atoms with E-state index in [0.29, 0.717) is 24.3 Å². The molecule has 2 aromatic rings. The normalized spacial score (nSPS) is 16.3. The molecule has 2 aliphatic rings. The number of thiocarbonyl (C=S) groups is 1. The van der Waals surface area contributed by atoms with Crippen molar-refractivity contribution in [2.24, 2.45) is 5.16 Å². The fourth-order valence-electron chi connectivity index (χ4n) is 4.42. The third-order valence-corrected chi connectivity index (χ3v) is 6.94. The molecule has 1 aliphatic heterocycles. The maximum absolute atomic E-state index is 13.4. The van der Waals surface area contributed by atoms with Crippen LogP contribution in [0.15, 0.2) is 41.6 Å². The van der Waals surface area contributed by atoms with Gasteiger partial charge in [-0.1, -0.05) is 24.1 Å². The minimum Gasteiger partial charge on any atom is -0.493 e. The molecule has 0 unspecified atom stereocenters. The number of amidine groups is 1. The molecule has 1 aliphatic carbocycles. The van der Waals surface area contributed by atoms with E-state index in [1.165, 1.54) is 25.2 Å². The van der Waals surface area contributed by atoms with E-state index in [1.807, 2.05) is 0 Å². The Morgan fingerprint density at radius 2 is 1.85 bits per heavy atom. The number of amides is 1. The molecular weight excluding hydrogens is 561 g/mol. The van der Waals surface area contributed by atoms with E-state index in [0.717, 1.165) is 37.0 Å². The summed E-state index contributed by atoms with van der Waals surface area (Å²) in [6.07, 6.45) is -1.88. The van der Waals surface area contributed by atoms with Gasteiger partial charge in [-0.3, -0.25) is 0 Å². The summed E-state index contributed by atoms with van der Waals surface area (Å²) < 4.78 is 56.0. The first-order chi connectivity index (χ1) is 18.6. The van der Waals surface area contributed by atoms with Gasteiger partial charge in [0.1, 0.15) is 0 Å². The van der Waals surface area contributed by atoms with E-state index < -0.39 is 28.6 Å². The average molecular weight is 587 g/mol. The van der Waals surface area contributed by atoms with Crippen LogP contribution in [0.4, 0.5) is 23.7 Å². The third-order valence-electron chi connectivity index (χ3n) is 6.32. The van der Waals surface area contributed by atoms with Crippen LogP contribution in [0.5, 0.6) is 11.5 Å². The molecule has 210 valence electrons. The van der Waals surface area contributed by atoms with Gasteiger partial charge in [0.05, 0.1) is 24.8 Å². The smallest absolute Gasteiger partial charge is 0.417 e. The number of alkyl carbamates (subject to hydrolysis) is 1. The Kier molecular flexibility index (Phi) is 8.60. The number of carbonyl (C=O) groups excluding carboxylic acids is 1. The Morgan fingerprint density at radius 1 is 1.13 bits per heavy atom. The van der Waals surface area contributed by atoms with Crippen LogP contribution in [-0.2, 0) is 22.3 Å². The molecule has 1 saturated carbocycles. The molecular formula is C25H26ClF3N4O5S. The van der Waals surface area contributed by atoms with E-state index in [9.17, 15) is 18.0 Å². The highest BCUT2D eigenvalue weighted by molar-refractivity contribution is 7.80. The van der Waals surface area contributed by atoms with E-state index in [4.69, 9.17) is 42.9 Å². The Bertz CT molecular complexity index is 1270. The van der Waals surface area contributed by atoms with Gasteiger partial charge in [-0.25, -0.2) is 9.69 Å². The molecule has 2 N–H and O–H groups in total. The third kappa shape index (κ3) is 6.41. The number of methoxy groups -OCH3 is 2. The molecule has 2 aromatic carbocycles. The van der Waals surface area contributed by atoms with E-state index in [1.54, 1.807) is 18.2 Å². The average Bonchev–Trinajstić information content (AvgIpc) is 3.24. The van der Waals surface area contributed by atoms with E-state index in [2.05, 4.69) is 15.8 Å². The Balaban J connectivity index is 1.49. The predicted octanol–water partition coefficient (Wildman–Crippen LogP) is 6.26. The summed E-state index contributed by atoms with van der Waals surface area (Å²) in [5.41, 5.74) is -1.27. The number of nitrogens with zero attached hydrogens (tertiary/aromatic N) is 2. The van der Waals surface area contributed by atoms with Crippen molar-refractivity contribution in [2.75, 3.05) is 19.5 Å². The van der Waals surface area contributed by atoms with Gasteiger partial charge in [0.25, 0.3) is 0 Å². The van der Waals surface area contributed by atoms with Crippen molar-refractivity contribution in [2.45, 2.75) is 50.6 Å². The molecule has 4 rings (SSSR count). The number of hydrogen-bond acceptors (Lipinski definition) is 7. The summed E-state index contributed by atoms with van der Waals surface area (Å²) in [4.78, 5) is 19.8. The minimum absolute atomic E-state index is 0.0451. The first kappa shape index (κ1) is 28.6. The fraction of sp³-hybridized carbons (Fsp3) is 0.400. The summed E-state index contributed by atoms with van der Waals surface area (Å²) in [5, 5.41) is 8.88. The number of anilines is 1.